The summed E-state index contributed by atoms with van der Waals surface area (Å²) in [7, 11) is -2.03. The van der Waals surface area contributed by atoms with Crippen LogP contribution in [0, 0.1) is 11.6 Å². The van der Waals surface area contributed by atoms with Gasteiger partial charge in [-0.25, -0.2) is 17.2 Å². The Morgan fingerprint density at radius 3 is 2.57 bits per heavy atom. The van der Waals surface area contributed by atoms with Crippen LogP contribution in [0.5, 0.6) is 0 Å². The third-order valence-electron chi connectivity index (χ3n) is 4.28. The highest BCUT2D eigenvalue weighted by Gasteiger charge is 2.44. The highest BCUT2D eigenvalue weighted by Crippen LogP contribution is 2.26. The van der Waals surface area contributed by atoms with E-state index in [9.17, 15) is 22.0 Å². The number of carbonyl (C=O) groups excluding carboxylic acids is 1. The molecule has 0 radical (unpaired) electrons. The van der Waals surface area contributed by atoms with Crippen LogP contribution >= 0.6 is 0 Å². The number of likely N-dealkylation sites (N-methyl/N-ethyl adjacent to an activating group) is 1. The fourth-order valence-corrected chi connectivity index (χ4v) is 4.16. The molecule has 2 heterocycles. The van der Waals surface area contributed by atoms with Crippen molar-refractivity contribution in [3.8, 4) is 0 Å². The number of sulfonamides is 1. The standard InChI is InChI=1S/C14H16F2N2O4S/c1-17-11-7-18(8-12(11)22-5-6-23(17,20)21)14(19)13-9(15)3-2-4-10(13)16/h2-4,11-12H,5-8H2,1H3/t11-,12+/m1/s1. The van der Waals surface area contributed by atoms with E-state index in [1.54, 1.807) is 0 Å². The summed E-state index contributed by atoms with van der Waals surface area (Å²) in [6, 6.07) is 2.65. The molecule has 23 heavy (non-hydrogen) atoms. The van der Waals surface area contributed by atoms with Crippen LogP contribution in [0.15, 0.2) is 18.2 Å². The summed E-state index contributed by atoms with van der Waals surface area (Å²) in [4.78, 5) is 13.6. The molecule has 0 saturated carbocycles. The third kappa shape index (κ3) is 2.84. The average Bonchev–Trinajstić information content (AvgIpc) is 2.85. The first-order chi connectivity index (χ1) is 10.8. The Kier molecular flexibility index (Phi) is 4.11. The lowest BCUT2D eigenvalue weighted by Gasteiger charge is -2.23. The first-order valence-electron chi connectivity index (χ1n) is 7.12. The molecular formula is C14H16F2N2O4S. The number of carbonyl (C=O) groups is 1. The number of rotatable bonds is 1. The minimum absolute atomic E-state index is 0.0317. The number of hydrogen-bond donors (Lipinski definition) is 0. The molecule has 9 heteroatoms. The van der Waals surface area contributed by atoms with Gasteiger partial charge in [0.25, 0.3) is 5.91 Å². The topological polar surface area (TPSA) is 66.9 Å². The lowest BCUT2D eigenvalue weighted by atomic mass is 10.1. The SMILES string of the molecule is CN1[C@@H]2CN(C(=O)c3c(F)cccc3F)C[C@@H]2OCCS1(=O)=O. The van der Waals surface area contributed by atoms with Crippen molar-refractivity contribution in [2.75, 3.05) is 32.5 Å². The molecule has 0 aromatic heterocycles. The lowest BCUT2D eigenvalue weighted by Crippen LogP contribution is -2.43. The van der Waals surface area contributed by atoms with Crippen LogP contribution in [0.1, 0.15) is 10.4 Å². The molecule has 0 unspecified atom stereocenters. The van der Waals surface area contributed by atoms with E-state index in [0.717, 1.165) is 12.1 Å². The predicted molar refractivity (Wildman–Crippen MR) is 77.3 cm³/mol. The van der Waals surface area contributed by atoms with E-state index in [-0.39, 0.29) is 25.4 Å². The Balaban J connectivity index is 1.86. The van der Waals surface area contributed by atoms with E-state index in [2.05, 4.69) is 0 Å². The maximum atomic E-state index is 13.8. The molecule has 2 saturated heterocycles. The van der Waals surface area contributed by atoms with E-state index >= 15 is 0 Å². The van der Waals surface area contributed by atoms with Crippen LogP contribution in [0.4, 0.5) is 8.78 Å². The molecule has 0 aliphatic carbocycles. The Hall–Kier alpha value is -1.58. The molecule has 0 spiro atoms. The van der Waals surface area contributed by atoms with E-state index in [1.807, 2.05) is 0 Å². The zero-order valence-corrected chi connectivity index (χ0v) is 13.2. The summed E-state index contributed by atoms with van der Waals surface area (Å²) in [6.45, 7) is 0.161. The number of ether oxygens (including phenoxy) is 1. The van der Waals surface area contributed by atoms with Crippen molar-refractivity contribution in [1.29, 1.82) is 0 Å². The second-order valence-corrected chi connectivity index (χ2v) is 7.76. The molecule has 2 fully saturated rings. The van der Waals surface area contributed by atoms with Crippen LogP contribution < -0.4 is 0 Å². The Labute approximate surface area is 132 Å². The quantitative estimate of drug-likeness (QED) is 0.741. The molecule has 2 atom stereocenters. The smallest absolute Gasteiger partial charge is 0.259 e. The fourth-order valence-electron chi connectivity index (χ4n) is 2.95. The molecule has 3 rings (SSSR count). The Morgan fingerprint density at radius 2 is 1.91 bits per heavy atom. The normalized spacial score (nSPS) is 27.5. The van der Waals surface area contributed by atoms with Gasteiger partial charge in [-0.05, 0) is 12.1 Å². The van der Waals surface area contributed by atoms with Gasteiger partial charge in [0.2, 0.25) is 10.0 Å². The van der Waals surface area contributed by atoms with Gasteiger partial charge in [0.05, 0.1) is 24.5 Å². The Morgan fingerprint density at radius 1 is 1.26 bits per heavy atom. The van der Waals surface area contributed by atoms with Crippen LogP contribution in [-0.2, 0) is 14.8 Å². The van der Waals surface area contributed by atoms with Gasteiger partial charge in [0.15, 0.2) is 0 Å². The maximum Gasteiger partial charge on any atom is 0.259 e. The first kappa shape index (κ1) is 16.3. The first-order valence-corrected chi connectivity index (χ1v) is 8.73. The van der Waals surface area contributed by atoms with E-state index in [0.29, 0.717) is 0 Å². The fraction of sp³-hybridized carbons (Fsp3) is 0.500. The highest BCUT2D eigenvalue weighted by atomic mass is 32.2. The van der Waals surface area contributed by atoms with Crippen molar-refractivity contribution >= 4 is 15.9 Å². The minimum Gasteiger partial charge on any atom is -0.374 e. The molecular weight excluding hydrogens is 330 g/mol. The molecule has 6 nitrogen and oxygen atoms in total. The number of amides is 1. The van der Waals surface area contributed by atoms with Crippen molar-refractivity contribution in [3.63, 3.8) is 0 Å². The van der Waals surface area contributed by atoms with Crippen LogP contribution in [0.3, 0.4) is 0 Å². The minimum atomic E-state index is -3.46. The van der Waals surface area contributed by atoms with Gasteiger partial charge < -0.3 is 9.64 Å². The summed E-state index contributed by atoms with van der Waals surface area (Å²) in [5, 5.41) is 0. The Bertz CT molecular complexity index is 720. The largest absolute Gasteiger partial charge is 0.374 e. The maximum absolute atomic E-state index is 13.8. The molecule has 2 aliphatic heterocycles. The molecule has 1 amide bonds. The zero-order valence-electron chi connectivity index (χ0n) is 12.4. The summed E-state index contributed by atoms with van der Waals surface area (Å²) in [5.74, 6) is -2.80. The van der Waals surface area contributed by atoms with Gasteiger partial charge in [-0.2, -0.15) is 4.31 Å². The van der Waals surface area contributed by atoms with Crippen molar-refractivity contribution in [3.05, 3.63) is 35.4 Å². The number of benzene rings is 1. The second kappa shape index (κ2) is 5.81. The molecule has 0 bridgehead atoms. The van der Waals surface area contributed by atoms with Crippen molar-refractivity contribution in [2.45, 2.75) is 12.1 Å². The third-order valence-corrected chi connectivity index (χ3v) is 6.11. The van der Waals surface area contributed by atoms with Crippen LogP contribution in [0.25, 0.3) is 0 Å². The molecule has 126 valence electrons. The number of halogens is 2. The number of likely N-dealkylation sites (tertiary alicyclic amines) is 1. The summed E-state index contributed by atoms with van der Waals surface area (Å²) in [5.41, 5.74) is -0.630. The second-order valence-electron chi connectivity index (χ2n) is 5.62. The summed E-state index contributed by atoms with van der Waals surface area (Å²) in [6.07, 6.45) is -0.504. The van der Waals surface area contributed by atoms with Crippen LogP contribution in [0.2, 0.25) is 0 Å². The predicted octanol–water partition coefficient (Wildman–Crippen LogP) is 0.450. The van der Waals surface area contributed by atoms with Gasteiger partial charge in [-0.1, -0.05) is 6.07 Å². The van der Waals surface area contributed by atoms with E-state index in [1.165, 1.54) is 22.3 Å². The van der Waals surface area contributed by atoms with Gasteiger partial charge >= 0.3 is 0 Å². The van der Waals surface area contributed by atoms with E-state index < -0.39 is 45.3 Å². The van der Waals surface area contributed by atoms with Crippen molar-refractivity contribution in [1.82, 2.24) is 9.21 Å². The summed E-state index contributed by atoms with van der Waals surface area (Å²) < 4.78 is 58.3. The number of nitrogens with zero attached hydrogens (tertiary/aromatic N) is 2. The average molecular weight is 346 g/mol. The lowest BCUT2D eigenvalue weighted by molar-refractivity contribution is 0.0479. The number of fused-ring (bicyclic) bond motifs is 1. The molecule has 1 aromatic carbocycles. The van der Waals surface area contributed by atoms with Gasteiger partial charge in [0, 0.05) is 20.1 Å². The van der Waals surface area contributed by atoms with Crippen LogP contribution in [-0.4, -0.2) is 68.2 Å². The van der Waals surface area contributed by atoms with Gasteiger partial charge in [0.1, 0.15) is 17.2 Å². The zero-order chi connectivity index (χ0) is 16.8. The monoisotopic (exact) mass is 346 g/mol. The molecule has 2 aliphatic rings. The molecule has 0 N–H and O–H groups in total. The highest BCUT2D eigenvalue weighted by molar-refractivity contribution is 7.89. The summed E-state index contributed by atoms with van der Waals surface area (Å²) >= 11 is 0. The van der Waals surface area contributed by atoms with E-state index in [4.69, 9.17) is 4.74 Å². The van der Waals surface area contributed by atoms with Gasteiger partial charge in [-0.3, -0.25) is 4.79 Å². The van der Waals surface area contributed by atoms with Crippen molar-refractivity contribution in [2.24, 2.45) is 0 Å². The number of hydrogen-bond acceptors (Lipinski definition) is 4. The van der Waals surface area contributed by atoms with Gasteiger partial charge in [-0.15, -0.1) is 0 Å². The molecule has 1 aromatic rings. The van der Waals surface area contributed by atoms with Crippen molar-refractivity contribution < 1.29 is 26.7 Å².